The molecular weight excluding hydrogens is 540 g/mol. The number of pyridine rings is 1. The van der Waals surface area contributed by atoms with Gasteiger partial charge in [0.2, 0.25) is 0 Å². The minimum Gasteiger partial charge on any atom is -0.381 e. The van der Waals surface area contributed by atoms with Crippen LogP contribution >= 0.6 is 0 Å². The third kappa shape index (κ3) is 7.74. The molecule has 0 atom stereocenters. The summed E-state index contributed by atoms with van der Waals surface area (Å²) in [5.74, 6) is -0.179. The maximum absolute atomic E-state index is 13.7. The van der Waals surface area contributed by atoms with E-state index in [0.29, 0.717) is 17.2 Å². The zero-order chi connectivity index (χ0) is 29.6. The minimum absolute atomic E-state index is 0. The Morgan fingerprint density at radius 1 is 0.977 bits per heavy atom. The molecule has 1 aromatic heterocycles. The highest BCUT2D eigenvalue weighted by atomic mass is 16.5. The van der Waals surface area contributed by atoms with E-state index < -0.39 is 0 Å². The first-order chi connectivity index (χ1) is 20.3. The van der Waals surface area contributed by atoms with Gasteiger partial charge < -0.3 is 24.7 Å². The molecule has 2 fully saturated rings. The molecule has 43 heavy (non-hydrogen) atoms. The zero-order valence-corrected chi connectivity index (χ0v) is 25.4. The lowest BCUT2D eigenvalue weighted by molar-refractivity contribution is 0.0342. The van der Waals surface area contributed by atoms with E-state index >= 15 is 0 Å². The summed E-state index contributed by atoms with van der Waals surface area (Å²) in [6, 6.07) is 15.2. The fourth-order valence-electron chi connectivity index (χ4n) is 6.21. The van der Waals surface area contributed by atoms with Crippen LogP contribution in [0.4, 0.5) is 5.69 Å². The fraction of sp³-hybridized carbons (Fsp3) is 0.486. The van der Waals surface area contributed by atoms with Crippen molar-refractivity contribution in [1.29, 1.82) is 0 Å². The SMILES string of the molecule is C.CCN(c1cc(-c2ccc(CN3CCOCC3)cc2)cc(C(=O)NCc2c(C)cc(C)[nH]c2=O)c1C)C1CCOCC1. The molecule has 2 saturated heterocycles. The molecule has 5 rings (SSSR count). The first-order valence-corrected chi connectivity index (χ1v) is 15.2. The maximum atomic E-state index is 13.7. The Balaban J connectivity index is 0.00000423. The molecule has 2 aromatic carbocycles. The Hall–Kier alpha value is -3.46. The van der Waals surface area contributed by atoms with Gasteiger partial charge in [-0.15, -0.1) is 0 Å². The third-order valence-electron chi connectivity index (χ3n) is 8.62. The number of hydrogen-bond acceptors (Lipinski definition) is 6. The second-order valence-electron chi connectivity index (χ2n) is 11.5. The lowest BCUT2D eigenvalue weighted by Gasteiger charge is -2.37. The summed E-state index contributed by atoms with van der Waals surface area (Å²) in [5.41, 5.74) is 8.11. The van der Waals surface area contributed by atoms with Crippen molar-refractivity contribution in [3.8, 4) is 11.1 Å². The Bertz CT molecular complexity index is 1440. The van der Waals surface area contributed by atoms with Crippen LogP contribution in [0.25, 0.3) is 11.1 Å². The van der Waals surface area contributed by atoms with E-state index in [1.165, 1.54) is 5.56 Å². The number of hydrogen-bond donors (Lipinski definition) is 2. The summed E-state index contributed by atoms with van der Waals surface area (Å²) < 4.78 is 11.1. The van der Waals surface area contributed by atoms with Gasteiger partial charge in [-0.1, -0.05) is 31.7 Å². The number of morpholine rings is 1. The second-order valence-corrected chi connectivity index (χ2v) is 11.5. The Morgan fingerprint density at radius 3 is 2.30 bits per heavy atom. The molecule has 232 valence electrons. The first kappa shape index (κ1) is 32.5. The Labute approximate surface area is 256 Å². The highest BCUT2D eigenvalue weighted by Gasteiger charge is 2.25. The molecule has 8 heteroatoms. The van der Waals surface area contributed by atoms with Gasteiger partial charge in [0.15, 0.2) is 0 Å². The van der Waals surface area contributed by atoms with Crippen molar-refractivity contribution >= 4 is 11.6 Å². The monoisotopic (exact) mass is 588 g/mol. The van der Waals surface area contributed by atoms with E-state index in [-0.39, 0.29) is 25.4 Å². The van der Waals surface area contributed by atoms with Crippen LogP contribution in [0.3, 0.4) is 0 Å². The van der Waals surface area contributed by atoms with Gasteiger partial charge in [0.05, 0.1) is 13.2 Å². The number of carbonyl (C=O) groups is 1. The molecule has 8 nitrogen and oxygen atoms in total. The van der Waals surface area contributed by atoms with Crippen LogP contribution in [0, 0.1) is 20.8 Å². The molecule has 3 aromatic rings. The largest absolute Gasteiger partial charge is 0.381 e. The average Bonchev–Trinajstić information content (AvgIpc) is 2.99. The number of H-pyrrole nitrogens is 1. The van der Waals surface area contributed by atoms with Crippen LogP contribution in [0.15, 0.2) is 47.3 Å². The van der Waals surface area contributed by atoms with Gasteiger partial charge in [-0.25, -0.2) is 0 Å². The maximum Gasteiger partial charge on any atom is 0.253 e. The number of nitrogens with zero attached hydrogens (tertiary/aromatic N) is 2. The highest BCUT2D eigenvalue weighted by Crippen LogP contribution is 2.34. The van der Waals surface area contributed by atoms with E-state index in [1.54, 1.807) is 0 Å². The molecule has 0 radical (unpaired) electrons. The fourth-order valence-corrected chi connectivity index (χ4v) is 6.21. The molecule has 0 aliphatic carbocycles. The summed E-state index contributed by atoms with van der Waals surface area (Å²) in [6.45, 7) is 14.9. The normalized spacial score (nSPS) is 16.0. The predicted octanol–water partition coefficient (Wildman–Crippen LogP) is 5.37. The number of amides is 1. The van der Waals surface area contributed by atoms with Crippen molar-refractivity contribution in [2.45, 2.75) is 67.1 Å². The van der Waals surface area contributed by atoms with Crippen molar-refractivity contribution in [2.24, 2.45) is 0 Å². The van der Waals surface area contributed by atoms with Gasteiger partial charge in [0.25, 0.3) is 11.5 Å². The minimum atomic E-state index is -0.179. The standard InChI is InChI=1S/C34H44N4O4.CH4/c1-5-38(29-10-14-41-15-11-29)32-20-28(27-8-6-26(7-9-27)22-37-12-16-42-17-13-37)19-30(25(32)4)33(39)35-21-31-23(2)18-24(3)36-34(31)40;/h6-9,18-20,29H,5,10-17,21-22H2,1-4H3,(H,35,39)(H,36,40);1H4. The van der Waals surface area contributed by atoms with Crippen LogP contribution in [0.1, 0.15) is 65.5 Å². The smallest absolute Gasteiger partial charge is 0.253 e. The molecular formula is C35H48N4O4. The van der Waals surface area contributed by atoms with Crippen LogP contribution < -0.4 is 15.8 Å². The summed E-state index contributed by atoms with van der Waals surface area (Å²) >= 11 is 0. The third-order valence-corrected chi connectivity index (χ3v) is 8.62. The van der Waals surface area contributed by atoms with Crippen molar-refractivity contribution < 1.29 is 14.3 Å². The predicted molar refractivity (Wildman–Crippen MR) is 174 cm³/mol. The average molecular weight is 589 g/mol. The lowest BCUT2D eigenvalue weighted by Crippen LogP contribution is -2.40. The number of aromatic amines is 1. The molecule has 1 amide bonds. The van der Waals surface area contributed by atoms with E-state index in [0.717, 1.165) is 99.1 Å². The summed E-state index contributed by atoms with van der Waals surface area (Å²) in [4.78, 5) is 34.0. The number of ether oxygens (including phenoxy) is 2. The van der Waals surface area contributed by atoms with E-state index in [2.05, 4.69) is 57.4 Å². The molecule has 0 bridgehead atoms. The summed E-state index contributed by atoms with van der Waals surface area (Å²) in [6.07, 6.45) is 1.93. The van der Waals surface area contributed by atoms with Crippen molar-refractivity contribution in [3.63, 3.8) is 0 Å². The molecule has 2 aliphatic heterocycles. The van der Waals surface area contributed by atoms with Gasteiger partial charge in [0.1, 0.15) is 0 Å². The van der Waals surface area contributed by atoms with Crippen LogP contribution in [0.2, 0.25) is 0 Å². The van der Waals surface area contributed by atoms with Crippen molar-refractivity contribution in [3.05, 3.63) is 86.3 Å². The number of benzene rings is 2. The molecule has 3 heterocycles. The number of aryl methyl sites for hydroxylation is 2. The highest BCUT2D eigenvalue weighted by molar-refractivity contribution is 5.99. The Morgan fingerprint density at radius 2 is 1.65 bits per heavy atom. The molecule has 0 spiro atoms. The zero-order valence-electron chi connectivity index (χ0n) is 25.4. The molecule has 0 saturated carbocycles. The van der Waals surface area contributed by atoms with Crippen LogP contribution in [-0.4, -0.2) is 67.9 Å². The van der Waals surface area contributed by atoms with Crippen molar-refractivity contribution in [2.75, 3.05) is 51.0 Å². The quantitative estimate of drug-likeness (QED) is 0.350. The van der Waals surface area contributed by atoms with Crippen LogP contribution in [-0.2, 0) is 22.6 Å². The lowest BCUT2D eigenvalue weighted by atomic mass is 9.94. The molecule has 0 unspecified atom stereocenters. The molecule has 2 N–H and O–H groups in total. The number of carbonyl (C=O) groups excluding carboxylic acids is 1. The second kappa shape index (κ2) is 14.8. The number of rotatable bonds is 9. The van der Waals surface area contributed by atoms with Gasteiger partial charge in [-0.05, 0) is 86.6 Å². The van der Waals surface area contributed by atoms with E-state index in [4.69, 9.17) is 9.47 Å². The first-order valence-electron chi connectivity index (χ1n) is 15.2. The van der Waals surface area contributed by atoms with Gasteiger partial charge in [-0.2, -0.15) is 0 Å². The molecule has 2 aliphatic rings. The topological polar surface area (TPSA) is 86.9 Å². The van der Waals surface area contributed by atoms with Gasteiger partial charge in [-0.3, -0.25) is 14.5 Å². The van der Waals surface area contributed by atoms with Gasteiger partial charge in [0, 0.05) is 74.5 Å². The van der Waals surface area contributed by atoms with Crippen LogP contribution in [0.5, 0.6) is 0 Å². The van der Waals surface area contributed by atoms with E-state index in [9.17, 15) is 9.59 Å². The Kier molecular flexibility index (Phi) is 11.2. The summed E-state index contributed by atoms with van der Waals surface area (Å²) in [7, 11) is 0. The number of nitrogens with one attached hydrogen (secondary N) is 2. The van der Waals surface area contributed by atoms with Crippen molar-refractivity contribution in [1.82, 2.24) is 15.2 Å². The number of anilines is 1. The van der Waals surface area contributed by atoms with E-state index in [1.807, 2.05) is 32.9 Å². The van der Waals surface area contributed by atoms with Gasteiger partial charge >= 0.3 is 0 Å². The number of aromatic nitrogens is 1. The summed E-state index contributed by atoms with van der Waals surface area (Å²) in [5, 5.41) is 3.04.